The second-order valence-corrected chi connectivity index (χ2v) is 12.9. The molecule has 2 aliphatic heterocycles. The van der Waals surface area contributed by atoms with E-state index in [9.17, 15) is 0 Å². The molecule has 0 aromatic heterocycles. The first-order chi connectivity index (χ1) is 20.3. The molecule has 0 amide bonds. The number of hydrogen-bond donors (Lipinski definition) is 0. The van der Waals surface area contributed by atoms with Gasteiger partial charge >= 0.3 is 0 Å². The average molecular weight is 573 g/mol. The number of fused-ring (bicyclic) bond motifs is 2. The van der Waals surface area contributed by atoms with Crippen molar-refractivity contribution in [2.75, 3.05) is 9.80 Å². The van der Waals surface area contributed by atoms with Crippen molar-refractivity contribution >= 4 is 22.7 Å². The van der Waals surface area contributed by atoms with Crippen LogP contribution in [0.2, 0.25) is 0 Å². The SMILES string of the molecule is C#C.C/C=C\C.C=C1Cc2cc(C(C)(C)C)ccc2N1c1ccc(N2C(=C)Cc3cc(C(C)(C)C)ccc32)cc1.C=CC. The Hall–Kier alpha value is -4.22. The van der Waals surface area contributed by atoms with Crippen molar-refractivity contribution in [3.63, 3.8) is 0 Å². The van der Waals surface area contributed by atoms with E-state index in [2.05, 4.69) is 145 Å². The molecular weight excluding hydrogens is 520 g/mol. The molecule has 0 aliphatic carbocycles. The molecule has 226 valence electrons. The summed E-state index contributed by atoms with van der Waals surface area (Å²) in [5.41, 5.74) is 12.8. The predicted molar refractivity (Wildman–Crippen MR) is 193 cm³/mol. The summed E-state index contributed by atoms with van der Waals surface area (Å²) in [4.78, 5) is 4.60. The van der Waals surface area contributed by atoms with Gasteiger partial charge in [0.15, 0.2) is 0 Å². The lowest BCUT2D eigenvalue weighted by molar-refractivity contribution is 0.589. The lowest BCUT2D eigenvalue weighted by atomic mass is 9.86. The molecular formula is C41H52N2. The van der Waals surface area contributed by atoms with E-state index in [0.717, 1.165) is 35.6 Å². The van der Waals surface area contributed by atoms with E-state index in [1.807, 2.05) is 32.9 Å². The average Bonchev–Trinajstić information content (AvgIpc) is 3.47. The maximum atomic E-state index is 4.39. The minimum absolute atomic E-state index is 0.146. The smallest absolute Gasteiger partial charge is 0.0494 e. The van der Waals surface area contributed by atoms with Crippen LogP contribution in [0.3, 0.4) is 0 Å². The number of anilines is 4. The summed E-state index contributed by atoms with van der Waals surface area (Å²) >= 11 is 0. The summed E-state index contributed by atoms with van der Waals surface area (Å²) in [6.07, 6.45) is 15.5. The second-order valence-electron chi connectivity index (χ2n) is 12.9. The lowest BCUT2D eigenvalue weighted by Gasteiger charge is -2.25. The van der Waals surface area contributed by atoms with Crippen molar-refractivity contribution in [2.24, 2.45) is 0 Å². The van der Waals surface area contributed by atoms with E-state index in [-0.39, 0.29) is 10.8 Å². The molecule has 0 fully saturated rings. The fourth-order valence-electron chi connectivity index (χ4n) is 5.16. The van der Waals surface area contributed by atoms with Gasteiger partial charge in [0.2, 0.25) is 0 Å². The Bertz CT molecular complexity index is 1360. The van der Waals surface area contributed by atoms with Crippen LogP contribution in [-0.4, -0.2) is 0 Å². The van der Waals surface area contributed by atoms with E-state index in [4.69, 9.17) is 0 Å². The minimum Gasteiger partial charge on any atom is -0.314 e. The molecule has 3 aromatic carbocycles. The molecule has 0 saturated carbocycles. The van der Waals surface area contributed by atoms with Gasteiger partial charge in [-0.2, -0.15) is 0 Å². The van der Waals surface area contributed by atoms with E-state index < -0.39 is 0 Å². The third-order valence-electron chi connectivity index (χ3n) is 7.49. The van der Waals surface area contributed by atoms with Crippen LogP contribution < -0.4 is 9.80 Å². The van der Waals surface area contributed by atoms with E-state index in [0.29, 0.717) is 0 Å². The third kappa shape index (κ3) is 8.20. The lowest BCUT2D eigenvalue weighted by Crippen LogP contribution is -2.14. The summed E-state index contributed by atoms with van der Waals surface area (Å²) in [7, 11) is 0. The van der Waals surface area contributed by atoms with Crippen LogP contribution in [0.25, 0.3) is 0 Å². The molecule has 3 aromatic rings. The van der Waals surface area contributed by atoms with Crippen molar-refractivity contribution in [3.05, 3.63) is 132 Å². The normalized spacial score (nSPS) is 13.7. The monoisotopic (exact) mass is 572 g/mol. The molecule has 5 rings (SSSR count). The molecule has 2 aliphatic rings. The number of benzene rings is 3. The van der Waals surface area contributed by atoms with Crippen LogP contribution in [0.4, 0.5) is 22.7 Å². The van der Waals surface area contributed by atoms with Crippen LogP contribution in [0.5, 0.6) is 0 Å². The van der Waals surface area contributed by atoms with Crippen LogP contribution >= 0.6 is 0 Å². The summed E-state index contributed by atoms with van der Waals surface area (Å²) in [6.45, 7) is 31.6. The minimum atomic E-state index is 0.146. The molecule has 2 nitrogen and oxygen atoms in total. The molecule has 0 radical (unpaired) electrons. The molecule has 2 heteroatoms. The molecule has 43 heavy (non-hydrogen) atoms. The largest absolute Gasteiger partial charge is 0.314 e. The van der Waals surface area contributed by atoms with Crippen LogP contribution in [-0.2, 0) is 23.7 Å². The van der Waals surface area contributed by atoms with Gasteiger partial charge in [0.25, 0.3) is 0 Å². The maximum Gasteiger partial charge on any atom is 0.0494 e. The predicted octanol–water partition coefficient (Wildman–Crippen LogP) is 11.7. The quantitative estimate of drug-likeness (QED) is 0.223. The van der Waals surface area contributed by atoms with Crippen LogP contribution in [0.15, 0.2) is 110 Å². The fourth-order valence-corrected chi connectivity index (χ4v) is 5.16. The standard InChI is InChI=1S/C32H36N2.C4H8.C3H6.C2H2/c1-21-17-23-19-25(31(3,4)5)9-15-29(23)33(21)27-11-13-28(14-12-27)34-22(2)18-24-20-26(32(6,7)8)10-16-30(24)34;1-3-4-2;1-3-2;1-2/h9-16,19-20H,1-2,17-18H2,3-8H3;3-4H,1-2H3;3H,1H2,2H3;1-2H/b;4-3-;;. The molecule has 0 bridgehead atoms. The summed E-state index contributed by atoms with van der Waals surface area (Å²) in [5.74, 6) is 0. The van der Waals surface area contributed by atoms with Gasteiger partial charge in [0, 0.05) is 47.0 Å². The Labute approximate surface area is 263 Å². The van der Waals surface area contributed by atoms with Gasteiger partial charge in [-0.15, -0.1) is 19.4 Å². The number of hydrogen-bond acceptors (Lipinski definition) is 2. The number of allylic oxidation sites excluding steroid dienone is 5. The molecule has 0 unspecified atom stereocenters. The number of nitrogens with zero attached hydrogens (tertiary/aromatic N) is 2. The zero-order valence-electron chi connectivity index (χ0n) is 28.1. The van der Waals surface area contributed by atoms with Gasteiger partial charge in [0.1, 0.15) is 0 Å². The molecule has 0 N–H and O–H groups in total. The molecule has 0 saturated heterocycles. The van der Waals surface area contributed by atoms with Crippen molar-refractivity contribution in [1.29, 1.82) is 0 Å². The van der Waals surface area contributed by atoms with Crippen LogP contribution in [0, 0.1) is 12.8 Å². The summed E-state index contributed by atoms with van der Waals surface area (Å²) in [6, 6.07) is 22.6. The highest BCUT2D eigenvalue weighted by Crippen LogP contribution is 2.44. The van der Waals surface area contributed by atoms with Gasteiger partial charge in [0.05, 0.1) is 0 Å². The van der Waals surface area contributed by atoms with E-state index in [1.54, 1.807) is 6.08 Å². The maximum absolute atomic E-state index is 4.39. The first kappa shape index (κ1) is 35.0. The Balaban J connectivity index is 0.000000641. The second kappa shape index (κ2) is 14.8. The zero-order chi connectivity index (χ0) is 32.5. The van der Waals surface area contributed by atoms with Crippen molar-refractivity contribution in [3.8, 4) is 12.8 Å². The highest BCUT2D eigenvalue weighted by atomic mass is 15.2. The molecule has 0 spiro atoms. The first-order valence-corrected chi connectivity index (χ1v) is 15.1. The van der Waals surface area contributed by atoms with Gasteiger partial charge in [-0.3, -0.25) is 0 Å². The Morgan fingerprint density at radius 2 is 0.907 bits per heavy atom. The Morgan fingerprint density at radius 3 is 1.16 bits per heavy atom. The fraction of sp³-hybridized carbons (Fsp3) is 0.317. The third-order valence-corrected chi connectivity index (χ3v) is 7.49. The van der Waals surface area contributed by atoms with Crippen molar-refractivity contribution in [1.82, 2.24) is 0 Å². The Kier molecular flexibility index (Phi) is 12.0. The van der Waals surface area contributed by atoms with Gasteiger partial charge in [-0.05, 0) is 90.3 Å². The molecule has 2 heterocycles. The van der Waals surface area contributed by atoms with Crippen molar-refractivity contribution in [2.45, 2.75) is 86.0 Å². The summed E-state index contributed by atoms with van der Waals surface area (Å²) < 4.78 is 0. The molecule has 0 atom stereocenters. The zero-order valence-corrected chi connectivity index (χ0v) is 28.1. The van der Waals surface area contributed by atoms with Crippen molar-refractivity contribution < 1.29 is 0 Å². The topological polar surface area (TPSA) is 6.48 Å². The first-order valence-electron chi connectivity index (χ1n) is 15.1. The highest BCUT2D eigenvalue weighted by Gasteiger charge is 2.28. The van der Waals surface area contributed by atoms with Gasteiger partial charge < -0.3 is 9.80 Å². The van der Waals surface area contributed by atoms with Crippen LogP contribution in [0.1, 0.15) is 84.6 Å². The van der Waals surface area contributed by atoms with Gasteiger partial charge in [-0.1, -0.05) is 97.2 Å². The van der Waals surface area contributed by atoms with Gasteiger partial charge in [-0.25, -0.2) is 0 Å². The summed E-state index contributed by atoms with van der Waals surface area (Å²) in [5, 5.41) is 0. The number of terminal acetylenes is 1. The van der Waals surface area contributed by atoms with E-state index >= 15 is 0 Å². The highest BCUT2D eigenvalue weighted by molar-refractivity contribution is 5.80. The Morgan fingerprint density at radius 1 is 0.605 bits per heavy atom. The van der Waals surface area contributed by atoms with E-state index in [1.165, 1.54) is 33.6 Å². The number of rotatable bonds is 2.